The second-order valence-electron chi connectivity index (χ2n) is 14.1. The number of rotatable bonds is 23. The number of benzene rings is 3. The van der Waals surface area contributed by atoms with Crippen molar-refractivity contribution in [2.75, 3.05) is 72.9 Å². The lowest BCUT2D eigenvalue weighted by Gasteiger charge is -2.32. The van der Waals surface area contributed by atoms with E-state index in [4.69, 9.17) is 39.8 Å². The third-order valence-corrected chi connectivity index (χ3v) is 10.3. The third kappa shape index (κ3) is 10.8. The number of carbonyl (C=O) groups is 3. The van der Waals surface area contributed by atoms with E-state index < -0.39 is 23.8 Å². The van der Waals surface area contributed by atoms with E-state index in [-0.39, 0.29) is 48.5 Å². The van der Waals surface area contributed by atoms with Gasteiger partial charge in [0.1, 0.15) is 41.6 Å². The summed E-state index contributed by atoms with van der Waals surface area (Å²) in [4.78, 5) is 42.5. The average molecular weight is 812 g/mol. The van der Waals surface area contributed by atoms with E-state index in [9.17, 15) is 14.4 Å². The van der Waals surface area contributed by atoms with Crippen LogP contribution in [0.1, 0.15) is 58.4 Å². The predicted molar refractivity (Wildman–Crippen MR) is 221 cm³/mol. The first kappa shape index (κ1) is 42.8. The number of fused-ring (bicyclic) bond motifs is 2. The van der Waals surface area contributed by atoms with Gasteiger partial charge in [0, 0.05) is 44.4 Å². The Morgan fingerprint density at radius 3 is 2.44 bits per heavy atom. The fourth-order valence-corrected chi connectivity index (χ4v) is 7.18. The summed E-state index contributed by atoms with van der Waals surface area (Å²) in [6.45, 7) is 9.36. The van der Waals surface area contributed by atoms with Crippen molar-refractivity contribution in [3.63, 3.8) is 0 Å². The van der Waals surface area contributed by atoms with Crippen LogP contribution in [0.25, 0.3) is 22.2 Å². The highest BCUT2D eigenvalue weighted by atomic mass is 16.6. The fraction of sp³-hybridized carbons (Fsp3) is 0.419. The molecule has 4 aromatic rings. The van der Waals surface area contributed by atoms with Gasteiger partial charge in [0.25, 0.3) is 11.8 Å². The summed E-state index contributed by atoms with van der Waals surface area (Å²) >= 11 is 0. The van der Waals surface area contributed by atoms with Gasteiger partial charge in [-0.2, -0.15) is 5.10 Å². The quantitative estimate of drug-likeness (QED) is 0.0184. The fourth-order valence-electron chi connectivity index (χ4n) is 7.18. The van der Waals surface area contributed by atoms with Crippen LogP contribution in [-0.2, 0) is 19.0 Å². The van der Waals surface area contributed by atoms with E-state index in [1.165, 1.54) is 7.05 Å². The highest BCUT2D eigenvalue weighted by molar-refractivity contribution is 6.24. The van der Waals surface area contributed by atoms with Gasteiger partial charge in [-0.15, -0.1) is 6.58 Å². The first-order valence-electron chi connectivity index (χ1n) is 19.9. The maximum Gasteiger partial charge on any atom is 0.266 e. The van der Waals surface area contributed by atoms with Crippen LogP contribution in [0.5, 0.6) is 11.5 Å². The van der Waals surface area contributed by atoms with Crippen molar-refractivity contribution in [2.24, 2.45) is 16.7 Å². The molecule has 1 saturated heterocycles. The molecule has 59 heavy (non-hydrogen) atoms. The maximum atomic E-state index is 13.3. The number of hydrogen-bond acceptors (Lipinski definition) is 13. The minimum Gasteiger partial charge on any atom is -0.490 e. The van der Waals surface area contributed by atoms with Gasteiger partial charge in [-0.1, -0.05) is 29.4 Å². The minimum absolute atomic E-state index is 0.127. The first-order chi connectivity index (χ1) is 28.8. The Bertz CT molecular complexity index is 2100. The molecule has 0 spiro atoms. The van der Waals surface area contributed by atoms with Crippen LogP contribution in [0.4, 0.5) is 0 Å². The van der Waals surface area contributed by atoms with E-state index in [2.05, 4.69) is 27.1 Å². The molecule has 0 radical (unpaired) electrons. The Kier molecular flexibility index (Phi) is 15.4. The SMILES string of the molecule is C=CCCC(C(=O)NC)N1C(=O)c2cccc(OCCOCCOCCOCCCN3CCC(Oc4cccc(-c5onc6ccc(/C(N)=N/N)cc56)c4)CC3)c2C1=O. The number of carbonyl (C=O) groups excluding carboxylic acids is 3. The molecule has 0 bridgehead atoms. The molecular weight excluding hydrogens is 759 g/mol. The standard InChI is InChI=1S/C43H53N7O9/c1-3-4-11-36(41(51)46-2)50-42(52)33-10-6-12-37(38(33)43(50)53)57-26-25-56-24-23-55-22-21-54-20-7-17-49-18-15-31(16-19-49)58-32-9-5-8-29(27-32)39-34-28-30(40(44)47-45)13-14-35(34)48-59-39/h3,5-6,8-10,12-14,27-28,31,36H,1,4,7,11,15-26,45H2,2H3,(H2,44,47)(H,46,51). The molecule has 3 heterocycles. The number of nitrogens with one attached hydrogen (secondary N) is 1. The molecule has 2 aliphatic rings. The zero-order valence-electron chi connectivity index (χ0n) is 33.4. The van der Waals surface area contributed by atoms with Crippen molar-refractivity contribution < 1.29 is 42.6 Å². The summed E-state index contributed by atoms with van der Waals surface area (Å²) < 4.78 is 35.0. The maximum absolute atomic E-state index is 13.3. The van der Waals surface area contributed by atoms with Gasteiger partial charge in [0.15, 0.2) is 5.76 Å². The smallest absolute Gasteiger partial charge is 0.266 e. The average Bonchev–Trinajstić information content (AvgIpc) is 3.80. The van der Waals surface area contributed by atoms with Gasteiger partial charge in [0.05, 0.1) is 49.5 Å². The summed E-state index contributed by atoms with van der Waals surface area (Å²) in [5.74, 6) is 5.81. The minimum atomic E-state index is -0.940. The summed E-state index contributed by atoms with van der Waals surface area (Å²) in [6, 6.07) is 17.3. The molecule has 1 atom stereocenters. The second kappa shape index (κ2) is 21.3. The molecule has 0 saturated carbocycles. The summed E-state index contributed by atoms with van der Waals surface area (Å²) in [5, 5.41) is 11.1. The largest absolute Gasteiger partial charge is 0.490 e. The van der Waals surface area contributed by atoms with Crippen molar-refractivity contribution >= 4 is 34.5 Å². The number of likely N-dealkylation sites (N-methyl/N-ethyl adjacent to an activating group) is 1. The number of imide groups is 1. The second-order valence-corrected chi connectivity index (χ2v) is 14.1. The van der Waals surface area contributed by atoms with Gasteiger partial charge in [-0.3, -0.25) is 19.3 Å². The molecule has 1 aromatic heterocycles. The molecule has 2 aliphatic heterocycles. The van der Waals surface area contributed by atoms with E-state index in [1.54, 1.807) is 30.3 Å². The number of nitrogens with two attached hydrogens (primary N) is 2. The molecule has 5 N–H and O–H groups in total. The molecule has 16 heteroatoms. The molecular formula is C43H53N7O9. The predicted octanol–water partition coefficient (Wildman–Crippen LogP) is 4.11. The highest BCUT2D eigenvalue weighted by Gasteiger charge is 2.44. The number of hydrazone groups is 1. The van der Waals surface area contributed by atoms with Gasteiger partial charge in [-0.05, 0) is 74.6 Å². The number of nitrogens with zero attached hydrogens (tertiary/aromatic N) is 4. The number of allylic oxidation sites excluding steroid dienone is 1. The molecule has 3 aromatic carbocycles. The first-order valence-corrected chi connectivity index (χ1v) is 19.9. The van der Waals surface area contributed by atoms with Crippen molar-refractivity contribution in [1.29, 1.82) is 0 Å². The van der Waals surface area contributed by atoms with Crippen LogP contribution >= 0.6 is 0 Å². The zero-order chi connectivity index (χ0) is 41.6. The Morgan fingerprint density at radius 1 is 0.983 bits per heavy atom. The topological polar surface area (TPSA) is 206 Å². The number of hydrogen-bond donors (Lipinski definition) is 3. The third-order valence-electron chi connectivity index (χ3n) is 10.3. The lowest BCUT2D eigenvalue weighted by Crippen LogP contribution is -2.48. The van der Waals surface area contributed by atoms with E-state index in [0.717, 1.165) is 60.5 Å². The Labute approximate surface area is 343 Å². The van der Waals surface area contributed by atoms with E-state index >= 15 is 0 Å². The molecule has 3 amide bonds. The van der Waals surface area contributed by atoms with Gasteiger partial charge in [-0.25, -0.2) is 0 Å². The summed E-state index contributed by atoms with van der Waals surface area (Å²) in [7, 11) is 1.47. The highest BCUT2D eigenvalue weighted by Crippen LogP contribution is 2.34. The van der Waals surface area contributed by atoms with Crippen molar-refractivity contribution in [3.8, 4) is 22.8 Å². The molecule has 6 rings (SSSR count). The Hall–Kier alpha value is -5.81. The Morgan fingerprint density at radius 2 is 1.71 bits per heavy atom. The number of amidine groups is 1. The van der Waals surface area contributed by atoms with Gasteiger partial charge in [0.2, 0.25) is 5.91 Å². The van der Waals surface area contributed by atoms with Crippen LogP contribution in [0.15, 0.2) is 82.9 Å². The summed E-state index contributed by atoms with van der Waals surface area (Å²) in [6.07, 6.45) is 5.32. The number of amides is 3. The normalized spacial score (nSPS) is 15.4. The number of piperidine rings is 1. The van der Waals surface area contributed by atoms with Crippen molar-refractivity contribution in [2.45, 2.75) is 44.2 Å². The zero-order valence-corrected chi connectivity index (χ0v) is 33.4. The molecule has 314 valence electrons. The van der Waals surface area contributed by atoms with Crippen molar-refractivity contribution in [1.82, 2.24) is 20.3 Å². The van der Waals surface area contributed by atoms with Crippen LogP contribution < -0.4 is 26.4 Å². The number of aromatic nitrogens is 1. The molecule has 1 fully saturated rings. The lowest BCUT2D eigenvalue weighted by molar-refractivity contribution is -0.124. The van der Waals surface area contributed by atoms with Gasteiger partial charge < -0.3 is 50.0 Å². The lowest BCUT2D eigenvalue weighted by atomic mass is 10.1. The van der Waals surface area contributed by atoms with Crippen molar-refractivity contribution in [3.05, 3.63) is 90.0 Å². The number of ether oxygens (including phenoxy) is 5. The van der Waals surface area contributed by atoms with Crippen LogP contribution in [0.2, 0.25) is 0 Å². The monoisotopic (exact) mass is 811 g/mol. The number of likely N-dealkylation sites (tertiary alicyclic amines) is 1. The van der Waals surface area contributed by atoms with Gasteiger partial charge >= 0.3 is 0 Å². The van der Waals surface area contributed by atoms with Crippen LogP contribution in [0.3, 0.4) is 0 Å². The summed E-state index contributed by atoms with van der Waals surface area (Å²) in [5.41, 5.74) is 8.55. The molecule has 1 unspecified atom stereocenters. The van der Waals surface area contributed by atoms with E-state index in [1.807, 2.05) is 36.4 Å². The van der Waals surface area contributed by atoms with Crippen LogP contribution in [0, 0.1) is 0 Å². The molecule has 16 nitrogen and oxygen atoms in total. The molecule has 0 aliphatic carbocycles. The van der Waals surface area contributed by atoms with Crippen LogP contribution in [-0.4, -0.2) is 124 Å². The van der Waals surface area contributed by atoms with E-state index in [0.29, 0.717) is 56.3 Å². The Balaban J connectivity index is 0.802.